The van der Waals surface area contributed by atoms with E-state index in [1.807, 2.05) is 18.2 Å². The van der Waals surface area contributed by atoms with Crippen molar-refractivity contribution in [1.82, 2.24) is 15.1 Å². The second-order valence-corrected chi connectivity index (χ2v) is 7.21. The molecular formula is C22H23F2N3O. The molecule has 1 fully saturated rings. The van der Waals surface area contributed by atoms with E-state index in [0.717, 1.165) is 55.5 Å². The Hall–Kier alpha value is -2.73. The second-order valence-electron chi connectivity index (χ2n) is 7.21. The SMILES string of the molecule is COc1ccccc1CN1CCCC(c2[nH]ncc2-c2ccc(F)cc2F)C1. The number of benzene rings is 2. The highest BCUT2D eigenvalue weighted by atomic mass is 19.1. The summed E-state index contributed by atoms with van der Waals surface area (Å²) in [4.78, 5) is 2.39. The van der Waals surface area contributed by atoms with Crippen molar-refractivity contribution in [2.45, 2.75) is 25.3 Å². The van der Waals surface area contributed by atoms with E-state index in [9.17, 15) is 8.78 Å². The standard InChI is InChI=1S/C22H23F2N3O/c1-28-21-7-3-2-5-15(21)13-27-10-4-6-16(14-27)22-19(12-25-26-22)18-9-8-17(23)11-20(18)24/h2-3,5,7-9,11-12,16H,4,6,10,13-14H2,1H3,(H,25,26). The Morgan fingerprint density at radius 3 is 2.86 bits per heavy atom. The number of nitrogens with one attached hydrogen (secondary N) is 1. The summed E-state index contributed by atoms with van der Waals surface area (Å²) in [5.74, 6) is -0.0399. The molecule has 2 heterocycles. The van der Waals surface area contributed by atoms with Crippen molar-refractivity contribution in [2.75, 3.05) is 20.2 Å². The summed E-state index contributed by atoms with van der Waals surface area (Å²) in [7, 11) is 1.69. The van der Waals surface area contributed by atoms with Gasteiger partial charge in [-0.15, -0.1) is 0 Å². The third kappa shape index (κ3) is 3.78. The van der Waals surface area contributed by atoms with E-state index < -0.39 is 11.6 Å². The lowest BCUT2D eigenvalue weighted by atomic mass is 9.90. The Balaban J connectivity index is 1.55. The minimum Gasteiger partial charge on any atom is -0.496 e. The maximum atomic E-state index is 14.3. The van der Waals surface area contributed by atoms with E-state index >= 15 is 0 Å². The lowest BCUT2D eigenvalue weighted by Gasteiger charge is -2.33. The molecule has 3 aromatic rings. The number of nitrogens with zero attached hydrogens (tertiary/aromatic N) is 2. The second kappa shape index (κ2) is 8.10. The van der Waals surface area contributed by atoms with E-state index in [2.05, 4.69) is 21.2 Å². The Morgan fingerprint density at radius 2 is 2.04 bits per heavy atom. The molecule has 0 saturated carbocycles. The maximum Gasteiger partial charge on any atom is 0.134 e. The molecular weight excluding hydrogens is 360 g/mol. The number of aromatic nitrogens is 2. The van der Waals surface area contributed by atoms with E-state index in [0.29, 0.717) is 11.1 Å². The predicted molar refractivity (Wildman–Crippen MR) is 104 cm³/mol. The van der Waals surface area contributed by atoms with Crippen LogP contribution in [0.1, 0.15) is 30.0 Å². The van der Waals surface area contributed by atoms with Crippen molar-refractivity contribution < 1.29 is 13.5 Å². The summed E-state index contributed by atoms with van der Waals surface area (Å²) < 4.78 is 33.1. The van der Waals surface area contributed by atoms with Gasteiger partial charge in [-0.3, -0.25) is 10.00 Å². The molecule has 1 atom stereocenters. The summed E-state index contributed by atoms with van der Waals surface area (Å²) in [6.07, 6.45) is 3.68. The minimum atomic E-state index is -0.577. The Labute approximate surface area is 163 Å². The Morgan fingerprint density at radius 1 is 1.18 bits per heavy atom. The lowest BCUT2D eigenvalue weighted by molar-refractivity contribution is 0.196. The molecule has 146 valence electrons. The van der Waals surface area contributed by atoms with Gasteiger partial charge in [0.05, 0.1) is 13.3 Å². The fourth-order valence-electron chi connectivity index (χ4n) is 4.04. The summed E-state index contributed by atoms with van der Waals surface area (Å²) in [6.45, 7) is 2.65. The monoisotopic (exact) mass is 383 g/mol. The number of piperidine rings is 1. The molecule has 1 aliphatic rings. The lowest BCUT2D eigenvalue weighted by Crippen LogP contribution is -2.34. The summed E-state index contributed by atoms with van der Waals surface area (Å²) >= 11 is 0. The summed E-state index contributed by atoms with van der Waals surface area (Å²) in [6, 6.07) is 11.7. The van der Waals surface area contributed by atoms with Gasteiger partial charge in [0, 0.05) is 47.5 Å². The molecule has 0 aliphatic carbocycles. The fourth-order valence-corrected chi connectivity index (χ4v) is 4.04. The van der Waals surface area contributed by atoms with Crippen molar-refractivity contribution in [2.24, 2.45) is 0 Å². The van der Waals surface area contributed by atoms with Gasteiger partial charge in [-0.2, -0.15) is 5.10 Å². The molecule has 6 heteroatoms. The highest BCUT2D eigenvalue weighted by Crippen LogP contribution is 2.35. The zero-order chi connectivity index (χ0) is 19.5. The highest BCUT2D eigenvalue weighted by molar-refractivity contribution is 5.66. The first-order valence-electron chi connectivity index (χ1n) is 9.48. The van der Waals surface area contributed by atoms with Crippen LogP contribution in [-0.4, -0.2) is 35.3 Å². The van der Waals surface area contributed by atoms with Gasteiger partial charge in [-0.25, -0.2) is 8.78 Å². The number of hydrogen-bond acceptors (Lipinski definition) is 3. The van der Waals surface area contributed by atoms with Gasteiger partial charge in [-0.05, 0) is 37.6 Å². The molecule has 4 nitrogen and oxygen atoms in total. The van der Waals surface area contributed by atoms with Crippen molar-refractivity contribution in [3.05, 3.63) is 71.6 Å². The zero-order valence-electron chi connectivity index (χ0n) is 15.8. The molecule has 0 bridgehead atoms. The van der Waals surface area contributed by atoms with Crippen molar-refractivity contribution in [3.8, 4) is 16.9 Å². The first-order chi connectivity index (χ1) is 13.7. The molecule has 1 unspecified atom stereocenters. The van der Waals surface area contributed by atoms with Crippen LogP contribution in [0.3, 0.4) is 0 Å². The quantitative estimate of drug-likeness (QED) is 0.692. The largest absolute Gasteiger partial charge is 0.496 e. The third-order valence-corrected chi connectivity index (χ3v) is 5.39. The molecule has 1 N–H and O–H groups in total. The van der Waals surface area contributed by atoms with E-state index in [4.69, 9.17) is 4.74 Å². The molecule has 28 heavy (non-hydrogen) atoms. The number of methoxy groups -OCH3 is 1. The van der Waals surface area contributed by atoms with Gasteiger partial charge in [0.1, 0.15) is 17.4 Å². The number of H-pyrrole nitrogens is 1. The average Bonchev–Trinajstić information content (AvgIpc) is 3.18. The third-order valence-electron chi connectivity index (χ3n) is 5.39. The molecule has 1 aliphatic heterocycles. The highest BCUT2D eigenvalue weighted by Gasteiger charge is 2.26. The van der Waals surface area contributed by atoms with E-state index in [-0.39, 0.29) is 5.92 Å². The number of likely N-dealkylation sites (tertiary alicyclic amines) is 1. The van der Waals surface area contributed by atoms with Crippen LogP contribution in [-0.2, 0) is 6.54 Å². The Bertz CT molecular complexity index is 956. The molecule has 1 saturated heterocycles. The summed E-state index contributed by atoms with van der Waals surface area (Å²) in [5.41, 5.74) is 3.16. The van der Waals surface area contributed by atoms with E-state index in [1.165, 1.54) is 12.1 Å². The van der Waals surface area contributed by atoms with Gasteiger partial charge in [-0.1, -0.05) is 18.2 Å². The van der Waals surface area contributed by atoms with Gasteiger partial charge < -0.3 is 4.74 Å². The number of hydrogen-bond donors (Lipinski definition) is 1. The fraction of sp³-hybridized carbons (Fsp3) is 0.318. The molecule has 1 aromatic heterocycles. The van der Waals surface area contributed by atoms with Crippen molar-refractivity contribution in [3.63, 3.8) is 0 Å². The van der Waals surface area contributed by atoms with Crippen LogP contribution < -0.4 is 4.74 Å². The van der Waals surface area contributed by atoms with Gasteiger partial charge in [0.15, 0.2) is 0 Å². The van der Waals surface area contributed by atoms with Crippen LogP contribution in [0.25, 0.3) is 11.1 Å². The number of rotatable bonds is 5. The van der Waals surface area contributed by atoms with Crippen LogP contribution in [0.4, 0.5) is 8.78 Å². The zero-order valence-corrected chi connectivity index (χ0v) is 15.8. The van der Waals surface area contributed by atoms with Crippen LogP contribution in [0.15, 0.2) is 48.7 Å². The maximum absolute atomic E-state index is 14.3. The van der Waals surface area contributed by atoms with Gasteiger partial charge in [0.2, 0.25) is 0 Å². The van der Waals surface area contributed by atoms with Crippen LogP contribution in [0, 0.1) is 11.6 Å². The van der Waals surface area contributed by atoms with Crippen LogP contribution in [0.2, 0.25) is 0 Å². The minimum absolute atomic E-state index is 0.213. The molecule has 4 rings (SSSR count). The first-order valence-corrected chi connectivity index (χ1v) is 9.48. The molecule has 2 aromatic carbocycles. The average molecular weight is 383 g/mol. The topological polar surface area (TPSA) is 41.1 Å². The summed E-state index contributed by atoms with van der Waals surface area (Å²) in [5, 5.41) is 7.21. The normalized spacial score (nSPS) is 17.6. The number of ether oxygens (including phenoxy) is 1. The van der Waals surface area contributed by atoms with E-state index in [1.54, 1.807) is 13.3 Å². The molecule has 0 spiro atoms. The Kier molecular flexibility index (Phi) is 5.39. The molecule has 0 radical (unpaired) electrons. The van der Waals surface area contributed by atoms with Crippen molar-refractivity contribution >= 4 is 0 Å². The predicted octanol–water partition coefficient (Wildman–Crippen LogP) is 4.74. The number of aromatic amines is 1. The number of halogens is 2. The van der Waals surface area contributed by atoms with Crippen LogP contribution >= 0.6 is 0 Å². The van der Waals surface area contributed by atoms with Crippen LogP contribution in [0.5, 0.6) is 5.75 Å². The molecule has 0 amide bonds. The smallest absolute Gasteiger partial charge is 0.134 e. The number of para-hydroxylation sites is 1. The van der Waals surface area contributed by atoms with Gasteiger partial charge >= 0.3 is 0 Å². The van der Waals surface area contributed by atoms with Crippen molar-refractivity contribution in [1.29, 1.82) is 0 Å². The first kappa shape index (κ1) is 18.6. The van der Waals surface area contributed by atoms with Gasteiger partial charge in [0.25, 0.3) is 0 Å².